The number of nitrogens with zero attached hydrogens (tertiary/aromatic N) is 2. The molecule has 0 aliphatic carbocycles. The molecule has 1 aliphatic rings. The van der Waals surface area contributed by atoms with E-state index in [-0.39, 0.29) is 17.4 Å². The van der Waals surface area contributed by atoms with Gasteiger partial charge in [0.1, 0.15) is 5.76 Å². The van der Waals surface area contributed by atoms with Crippen LogP contribution in [0.15, 0.2) is 65.1 Å². The maximum absolute atomic E-state index is 12.7. The summed E-state index contributed by atoms with van der Waals surface area (Å²) in [5.74, 6) is 0.331. The molecule has 0 atom stereocenters. The fourth-order valence-electron chi connectivity index (χ4n) is 3.36. The molecule has 7 nitrogen and oxygen atoms in total. The van der Waals surface area contributed by atoms with Crippen LogP contribution >= 0.6 is 0 Å². The van der Waals surface area contributed by atoms with Crippen LogP contribution in [0.4, 0.5) is 17.1 Å². The maximum atomic E-state index is 12.7. The van der Waals surface area contributed by atoms with Crippen molar-refractivity contribution in [2.45, 2.75) is 12.8 Å². The van der Waals surface area contributed by atoms with Crippen LogP contribution in [-0.4, -0.2) is 23.9 Å². The van der Waals surface area contributed by atoms with Crippen molar-refractivity contribution >= 4 is 23.0 Å². The van der Waals surface area contributed by atoms with Gasteiger partial charge in [-0.25, -0.2) is 0 Å². The molecule has 1 aromatic heterocycles. The van der Waals surface area contributed by atoms with Crippen molar-refractivity contribution in [3.8, 4) is 11.3 Å². The molecule has 0 unspecified atom stereocenters. The maximum Gasteiger partial charge on any atom is 0.291 e. The average Bonchev–Trinajstić information content (AvgIpc) is 3.41. The third-order valence-electron chi connectivity index (χ3n) is 4.79. The first-order chi connectivity index (χ1) is 13.6. The number of para-hydroxylation sites is 2. The summed E-state index contributed by atoms with van der Waals surface area (Å²) in [4.78, 5) is 25.2. The summed E-state index contributed by atoms with van der Waals surface area (Å²) >= 11 is 0. The van der Waals surface area contributed by atoms with Crippen LogP contribution in [0, 0.1) is 10.1 Å². The van der Waals surface area contributed by atoms with Gasteiger partial charge in [0.25, 0.3) is 11.6 Å². The molecule has 0 saturated carbocycles. The Morgan fingerprint density at radius 1 is 1.00 bits per heavy atom. The lowest BCUT2D eigenvalue weighted by molar-refractivity contribution is -0.384. The van der Waals surface area contributed by atoms with Crippen LogP contribution in [0.3, 0.4) is 0 Å². The van der Waals surface area contributed by atoms with Gasteiger partial charge < -0.3 is 14.6 Å². The van der Waals surface area contributed by atoms with Gasteiger partial charge in [-0.1, -0.05) is 12.1 Å². The topological polar surface area (TPSA) is 88.6 Å². The number of nitro groups is 1. The molecule has 1 aliphatic heterocycles. The van der Waals surface area contributed by atoms with E-state index < -0.39 is 4.92 Å². The predicted octanol–water partition coefficient (Wildman–Crippen LogP) is 4.71. The number of carbonyl (C=O) groups is 1. The van der Waals surface area contributed by atoms with E-state index in [0.717, 1.165) is 37.3 Å². The Kier molecular flexibility index (Phi) is 4.80. The van der Waals surface area contributed by atoms with Crippen LogP contribution in [0.2, 0.25) is 0 Å². The van der Waals surface area contributed by atoms with Crippen LogP contribution in [-0.2, 0) is 0 Å². The molecule has 142 valence electrons. The Hall–Kier alpha value is -3.61. The number of benzene rings is 2. The summed E-state index contributed by atoms with van der Waals surface area (Å²) < 4.78 is 5.67. The Labute approximate surface area is 161 Å². The summed E-state index contributed by atoms with van der Waals surface area (Å²) in [5, 5.41) is 13.7. The molecule has 28 heavy (non-hydrogen) atoms. The molecular weight excluding hydrogens is 358 g/mol. The van der Waals surface area contributed by atoms with Gasteiger partial charge >= 0.3 is 0 Å². The van der Waals surface area contributed by atoms with Crippen molar-refractivity contribution in [1.82, 2.24) is 0 Å². The molecule has 3 aromatic rings. The van der Waals surface area contributed by atoms with E-state index in [1.165, 1.54) is 12.1 Å². The Balaban J connectivity index is 1.52. The van der Waals surface area contributed by atoms with E-state index in [9.17, 15) is 14.9 Å². The summed E-state index contributed by atoms with van der Waals surface area (Å²) in [7, 11) is 0. The van der Waals surface area contributed by atoms with E-state index in [1.807, 2.05) is 24.3 Å². The number of anilines is 2. The minimum absolute atomic E-state index is 0.00629. The van der Waals surface area contributed by atoms with Gasteiger partial charge in [0, 0.05) is 30.8 Å². The van der Waals surface area contributed by atoms with Crippen molar-refractivity contribution in [2.24, 2.45) is 0 Å². The summed E-state index contributed by atoms with van der Waals surface area (Å²) in [6.45, 7) is 1.97. The van der Waals surface area contributed by atoms with Crippen LogP contribution in [0.1, 0.15) is 23.4 Å². The van der Waals surface area contributed by atoms with E-state index in [1.54, 1.807) is 24.3 Å². The molecule has 1 saturated heterocycles. The highest BCUT2D eigenvalue weighted by Crippen LogP contribution is 2.30. The number of hydrogen-bond acceptors (Lipinski definition) is 5. The Bertz CT molecular complexity index is 1000. The lowest BCUT2D eigenvalue weighted by atomic mass is 10.1. The van der Waals surface area contributed by atoms with Crippen molar-refractivity contribution in [2.75, 3.05) is 23.3 Å². The highest BCUT2D eigenvalue weighted by molar-refractivity contribution is 6.04. The van der Waals surface area contributed by atoms with Gasteiger partial charge in [-0.2, -0.15) is 0 Å². The number of furan rings is 1. The number of rotatable bonds is 5. The van der Waals surface area contributed by atoms with E-state index >= 15 is 0 Å². The van der Waals surface area contributed by atoms with Gasteiger partial charge in [-0.3, -0.25) is 14.9 Å². The second kappa shape index (κ2) is 7.56. The van der Waals surface area contributed by atoms with Crippen molar-refractivity contribution in [3.05, 3.63) is 76.5 Å². The third kappa shape index (κ3) is 3.59. The fourth-order valence-corrected chi connectivity index (χ4v) is 3.36. The number of hydrogen-bond donors (Lipinski definition) is 1. The first kappa shape index (κ1) is 17.8. The molecule has 1 fully saturated rings. The molecule has 0 spiro atoms. The van der Waals surface area contributed by atoms with Crippen molar-refractivity contribution in [3.63, 3.8) is 0 Å². The zero-order chi connectivity index (χ0) is 19.5. The van der Waals surface area contributed by atoms with E-state index in [2.05, 4.69) is 10.2 Å². The van der Waals surface area contributed by atoms with Gasteiger partial charge in [-0.15, -0.1) is 0 Å². The quantitative estimate of drug-likeness (QED) is 0.514. The molecular formula is C21H19N3O4. The largest absolute Gasteiger partial charge is 0.451 e. The number of amides is 1. The molecule has 0 bridgehead atoms. The molecule has 4 rings (SSSR count). The number of nitrogens with one attached hydrogen (secondary N) is 1. The first-order valence-electron chi connectivity index (χ1n) is 9.12. The molecule has 2 heterocycles. The van der Waals surface area contributed by atoms with Crippen molar-refractivity contribution in [1.29, 1.82) is 0 Å². The number of nitro benzene ring substituents is 1. The van der Waals surface area contributed by atoms with Crippen LogP contribution in [0.25, 0.3) is 11.3 Å². The molecule has 1 amide bonds. The summed E-state index contributed by atoms with van der Waals surface area (Å²) in [6, 6.07) is 17.0. The zero-order valence-corrected chi connectivity index (χ0v) is 15.1. The Morgan fingerprint density at radius 2 is 1.71 bits per heavy atom. The zero-order valence-electron chi connectivity index (χ0n) is 15.1. The van der Waals surface area contributed by atoms with E-state index in [4.69, 9.17) is 4.42 Å². The van der Waals surface area contributed by atoms with Crippen LogP contribution in [0.5, 0.6) is 0 Å². The third-order valence-corrected chi connectivity index (χ3v) is 4.79. The van der Waals surface area contributed by atoms with Gasteiger partial charge in [0.15, 0.2) is 5.76 Å². The minimum Gasteiger partial charge on any atom is -0.451 e. The second-order valence-corrected chi connectivity index (χ2v) is 6.63. The van der Waals surface area contributed by atoms with E-state index in [0.29, 0.717) is 11.3 Å². The molecule has 7 heteroatoms. The summed E-state index contributed by atoms with van der Waals surface area (Å²) in [6.07, 6.45) is 2.30. The second-order valence-electron chi connectivity index (χ2n) is 6.63. The molecule has 2 aromatic carbocycles. The van der Waals surface area contributed by atoms with Gasteiger partial charge in [0.05, 0.1) is 16.3 Å². The highest BCUT2D eigenvalue weighted by atomic mass is 16.6. The predicted molar refractivity (Wildman–Crippen MR) is 107 cm³/mol. The van der Waals surface area contributed by atoms with Crippen molar-refractivity contribution < 1.29 is 14.1 Å². The fraction of sp³-hybridized carbons (Fsp3) is 0.190. The Morgan fingerprint density at radius 3 is 2.43 bits per heavy atom. The molecule has 0 radical (unpaired) electrons. The lowest BCUT2D eigenvalue weighted by Gasteiger charge is -2.21. The smallest absolute Gasteiger partial charge is 0.291 e. The summed E-state index contributed by atoms with van der Waals surface area (Å²) in [5.41, 5.74) is 2.44. The SMILES string of the molecule is O=C(Nc1ccccc1N1CCCC1)c1ccc(-c2ccc([N+](=O)[O-])cc2)o1. The average molecular weight is 377 g/mol. The normalized spacial score (nSPS) is 13.5. The lowest BCUT2D eigenvalue weighted by Crippen LogP contribution is -2.20. The van der Waals surface area contributed by atoms with Gasteiger partial charge in [-0.05, 0) is 49.2 Å². The van der Waals surface area contributed by atoms with Crippen LogP contribution < -0.4 is 10.2 Å². The first-order valence-corrected chi connectivity index (χ1v) is 9.12. The standard InChI is InChI=1S/C21H19N3O4/c25-21(22-17-5-1-2-6-18(17)23-13-3-4-14-23)20-12-11-19(28-20)15-7-9-16(10-8-15)24(26)27/h1-2,5-12H,3-4,13-14H2,(H,22,25). The number of carbonyl (C=O) groups excluding carboxylic acids is 1. The number of non-ortho nitro benzene ring substituents is 1. The van der Waals surface area contributed by atoms with Gasteiger partial charge in [0.2, 0.25) is 0 Å². The highest BCUT2D eigenvalue weighted by Gasteiger charge is 2.18. The monoisotopic (exact) mass is 377 g/mol. The minimum atomic E-state index is -0.456. The molecule has 1 N–H and O–H groups in total.